The van der Waals surface area contributed by atoms with Crippen molar-refractivity contribution in [2.24, 2.45) is 5.92 Å². The van der Waals surface area contributed by atoms with Crippen molar-refractivity contribution in [3.05, 3.63) is 18.2 Å². The van der Waals surface area contributed by atoms with Crippen molar-refractivity contribution in [3.63, 3.8) is 0 Å². The van der Waals surface area contributed by atoms with Gasteiger partial charge < -0.3 is 14.8 Å². The van der Waals surface area contributed by atoms with E-state index in [1.165, 1.54) is 12.8 Å². The first kappa shape index (κ1) is 15.5. The molecule has 0 unspecified atom stereocenters. The summed E-state index contributed by atoms with van der Waals surface area (Å²) in [6, 6.07) is 0.463. The Morgan fingerprint density at radius 2 is 2.32 bits per heavy atom. The van der Waals surface area contributed by atoms with Gasteiger partial charge in [0.25, 0.3) is 0 Å². The zero-order valence-corrected chi connectivity index (χ0v) is 13.6. The first-order chi connectivity index (χ1) is 10.8. The van der Waals surface area contributed by atoms with E-state index < -0.39 is 0 Å². The number of fused-ring (bicyclic) bond motifs is 1. The van der Waals surface area contributed by atoms with Crippen LogP contribution in [0.1, 0.15) is 44.9 Å². The molecule has 2 atom stereocenters. The predicted molar refractivity (Wildman–Crippen MR) is 86.6 cm³/mol. The molecule has 0 bridgehead atoms. The Morgan fingerprint density at radius 1 is 1.41 bits per heavy atom. The van der Waals surface area contributed by atoms with E-state index in [2.05, 4.69) is 26.7 Å². The molecule has 5 nitrogen and oxygen atoms in total. The molecule has 2 aliphatic heterocycles. The molecule has 1 aromatic heterocycles. The van der Waals surface area contributed by atoms with Gasteiger partial charge in [-0.2, -0.15) is 0 Å². The lowest BCUT2D eigenvalue weighted by atomic mass is 9.89. The number of nitrogens with one attached hydrogen (secondary N) is 1. The molecular formula is C17H28N4O. The molecule has 1 N–H and O–H groups in total. The number of carbonyl (C=O) groups excluding carboxylic acids is 1. The van der Waals surface area contributed by atoms with Crippen LogP contribution in [0, 0.1) is 5.92 Å². The summed E-state index contributed by atoms with van der Waals surface area (Å²) in [5, 5.41) is 3.49. The molecule has 0 saturated carbocycles. The molecule has 22 heavy (non-hydrogen) atoms. The predicted octanol–water partition coefficient (Wildman–Crippen LogP) is 1.83. The van der Waals surface area contributed by atoms with Crippen molar-refractivity contribution in [1.82, 2.24) is 19.8 Å². The molecule has 2 fully saturated rings. The number of likely N-dealkylation sites (tertiary alicyclic amines) is 1. The summed E-state index contributed by atoms with van der Waals surface area (Å²) in [5.41, 5.74) is 0. The lowest BCUT2D eigenvalue weighted by molar-refractivity contribution is -0.135. The third-order valence-corrected chi connectivity index (χ3v) is 5.20. The minimum Gasteiger partial charge on any atom is -0.339 e. The molecular weight excluding hydrogens is 276 g/mol. The standard InChI is InChI=1S/C17H28N4O/c1-2-16-19-9-12-20(16)11-7-17(22)21-10-4-3-5-14-13-18-8-6-15(14)21/h9,12,14-15,18H,2-8,10-11,13H2,1H3/t14-,15+/m0/s1. The summed E-state index contributed by atoms with van der Waals surface area (Å²) in [5.74, 6) is 2.05. The van der Waals surface area contributed by atoms with Crippen molar-refractivity contribution in [2.45, 2.75) is 58.0 Å². The average molecular weight is 304 g/mol. The van der Waals surface area contributed by atoms with Crippen molar-refractivity contribution in [3.8, 4) is 0 Å². The zero-order valence-electron chi connectivity index (χ0n) is 13.6. The largest absolute Gasteiger partial charge is 0.339 e. The lowest BCUT2D eigenvalue weighted by Gasteiger charge is -2.38. The number of aryl methyl sites for hydroxylation is 2. The van der Waals surface area contributed by atoms with Gasteiger partial charge in [-0.25, -0.2) is 4.98 Å². The fraction of sp³-hybridized carbons (Fsp3) is 0.765. The van der Waals surface area contributed by atoms with Gasteiger partial charge >= 0.3 is 0 Å². The normalized spacial score (nSPS) is 25.6. The van der Waals surface area contributed by atoms with Crippen molar-refractivity contribution in [1.29, 1.82) is 0 Å². The van der Waals surface area contributed by atoms with Crippen LogP contribution in [0.3, 0.4) is 0 Å². The molecule has 3 rings (SSSR count). The maximum absolute atomic E-state index is 12.8. The Labute approximate surface area is 133 Å². The zero-order chi connectivity index (χ0) is 15.4. The van der Waals surface area contributed by atoms with Crippen LogP contribution in [0.5, 0.6) is 0 Å². The van der Waals surface area contributed by atoms with Crippen LogP contribution >= 0.6 is 0 Å². The van der Waals surface area contributed by atoms with E-state index >= 15 is 0 Å². The Balaban J connectivity index is 1.62. The third kappa shape index (κ3) is 3.35. The second kappa shape index (κ2) is 7.27. The van der Waals surface area contributed by atoms with E-state index in [9.17, 15) is 4.79 Å². The Morgan fingerprint density at radius 3 is 3.18 bits per heavy atom. The third-order valence-electron chi connectivity index (χ3n) is 5.20. The van der Waals surface area contributed by atoms with E-state index in [-0.39, 0.29) is 0 Å². The maximum Gasteiger partial charge on any atom is 0.224 e. The summed E-state index contributed by atoms with van der Waals surface area (Å²) >= 11 is 0. The summed E-state index contributed by atoms with van der Waals surface area (Å²) in [7, 11) is 0. The van der Waals surface area contributed by atoms with Gasteiger partial charge in [0.15, 0.2) is 0 Å². The van der Waals surface area contributed by atoms with E-state index in [1.807, 2.05) is 12.4 Å². The number of hydrogen-bond acceptors (Lipinski definition) is 3. The summed E-state index contributed by atoms with van der Waals surface area (Å²) in [4.78, 5) is 19.3. The highest BCUT2D eigenvalue weighted by Gasteiger charge is 2.33. The van der Waals surface area contributed by atoms with Gasteiger partial charge in [-0.05, 0) is 38.3 Å². The number of nitrogens with zero attached hydrogens (tertiary/aromatic N) is 3. The quantitative estimate of drug-likeness (QED) is 0.923. The van der Waals surface area contributed by atoms with Crippen LogP contribution in [-0.2, 0) is 17.8 Å². The summed E-state index contributed by atoms with van der Waals surface area (Å²) in [6.45, 7) is 5.94. The van der Waals surface area contributed by atoms with E-state index in [1.54, 1.807) is 0 Å². The SMILES string of the molecule is CCc1nccn1CCC(=O)N1CCCC[C@H]2CNCC[C@H]21. The summed E-state index contributed by atoms with van der Waals surface area (Å²) in [6.07, 6.45) is 10.1. The molecule has 2 aliphatic rings. The number of imidazole rings is 1. The highest BCUT2D eigenvalue weighted by molar-refractivity contribution is 5.76. The van der Waals surface area contributed by atoms with E-state index in [0.717, 1.165) is 51.3 Å². The minimum absolute atomic E-state index is 0.328. The number of hydrogen-bond donors (Lipinski definition) is 1. The molecule has 1 aromatic rings. The van der Waals surface area contributed by atoms with E-state index in [0.29, 0.717) is 24.3 Å². The van der Waals surface area contributed by atoms with E-state index in [4.69, 9.17) is 0 Å². The van der Waals surface area contributed by atoms with Crippen LogP contribution in [0.25, 0.3) is 0 Å². The van der Waals surface area contributed by atoms with Crippen molar-refractivity contribution in [2.75, 3.05) is 19.6 Å². The molecule has 0 aliphatic carbocycles. The second-order valence-corrected chi connectivity index (χ2v) is 6.54. The number of carbonyl (C=O) groups is 1. The summed E-state index contributed by atoms with van der Waals surface area (Å²) < 4.78 is 2.12. The number of rotatable bonds is 4. The molecule has 2 saturated heterocycles. The monoisotopic (exact) mass is 304 g/mol. The van der Waals surface area contributed by atoms with Crippen molar-refractivity contribution < 1.29 is 4.79 Å². The number of piperidine rings is 1. The first-order valence-corrected chi connectivity index (χ1v) is 8.79. The molecule has 0 aromatic carbocycles. The maximum atomic E-state index is 12.8. The van der Waals surface area contributed by atoms with Gasteiger partial charge in [0.2, 0.25) is 5.91 Å². The molecule has 3 heterocycles. The van der Waals surface area contributed by atoms with Gasteiger partial charge in [-0.3, -0.25) is 4.79 Å². The van der Waals surface area contributed by atoms with Gasteiger partial charge in [0.1, 0.15) is 5.82 Å². The fourth-order valence-electron chi connectivity index (χ4n) is 4.00. The van der Waals surface area contributed by atoms with Gasteiger partial charge in [-0.15, -0.1) is 0 Å². The molecule has 5 heteroatoms. The highest BCUT2D eigenvalue weighted by atomic mass is 16.2. The Hall–Kier alpha value is -1.36. The van der Waals surface area contributed by atoms with Crippen molar-refractivity contribution >= 4 is 5.91 Å². The molecule has 0 radical (unpaired) electrons. The van der Waals surface area contributed by atoms with Crippen LogP contribution in [0.2, 0.25) is 0 Å². The van der Waals surface area contributed by atoms with Crippen LogP contribution < -0.4 is 5.32 Å². The topological polar surface area (TPSA) is 50.2 Å². The van der Waals surface area contributed by atoms with Gasteiger partial charge in [-0.1, -0.05) is 13.3 Å². The number of amides is 1. The fourth-order valence-corrected chi connectivity index (χ4v) is 4.00. The average Bonchev–Trinajstić information content (AvgIpc) is 2.90. The first-order valence-electron chi connectivity index (χ1n) is 8.79. The van der Waals surface area contributed by atoms with Crippen LogP contribution in [-0.4, -0.2) is 46.0 Å². The molecule has 1 amide bonds. The Bertz CT molecular complexity index is 499. The smallest absolute Gasteiger partial charge is 0.224 e. The lowest BCUT2D eigenvalue weighted by Crippen LogP contribution is -2.51. The molecule has 122 valence electrons. The second-order valence-electron chi connectivity index (χ2n) is 6.54. The van der Waals surface area contributed by atoms with Crippen LogP contribution in [0.4, 0.5) is 0 Å². The highest BCUT2D eigenvalue weighted by Crippen LogP contribution is 2.27. The van der Waals surface area contributed by atoms with Gasteiger partial charge in [0.05, 0.1) is 0 Å². The minimum atomic E-state index is 0.328. The van der Waals surface area contributed by atoms with Crippen LogP contribution in [0.15, 0.2) is 12.4 Å². The number of aromatic nitrogens is 2. The van der Waals surface area contributed by atoms with Gasteiger partial charge in [0, 0.05) is 44.4 Å². The molecule has 0 spiro atoms. The Kier molecular flexibility index (Phi) is 5.13.